The topological polar surface area (TPSA) is 188 Å². The molecule has 1 atom stereocenters. The van der Waals surface area contributed by atoms with Gasteiger partial charge >= 0.3 is 11.9 Å². The third-order valence-corrected chi connectivity index (χ3v) is 7.55. The van der Waals surface area contributed by atoms with Gasteiger partial charge < -0.3 is 20.1 Å². The van der Waals surface area contributed by atoms with Crippen molar-refractivity contribution in [3.8, 4) is 5.75 Å². The number of piperazine rings is 1. The van der Waals surface area contributed by atoms with Gasteiger partial charge in [0.2, 0.25) is 10.0 Å². The van der Waals surface area contributed by atoms with Crippen molar-refractivity contribution < 1.29 is 43.0 Å². The Bertz CT molecular complexity index is 1200. The zero-order chi connectivity index (χ0) is 28.5. The second kappa shape index (κ2) is 13.8. The molecule has 2 aromatic carbocycles. The largest absolute Gasteiger partial charge is 0.491 e. The van der Waals surface area contributed by atoms with E-state index in [1.54, 1.807) is 0 Å². The average Bonchev–Trinajstić information content (AvgIpc) is 2.88. The van der Waals surface area contributed by atoms with Gasteiger partial charge in [-0.05, 0) is 29.7 Å². The van der Waals surface area contributed by atoms with Crippen LogP contribution in [0.15, 0.2) is 53.4 Å². The Morgan fingerprint density at radius 3 is 2.05 bits per heavy atom. The number of nitro benzene ring substituents is 1. The molecular formula is C24H31N3O10S. The van der Waals surface area contributed by atoms with E-state index in [4.69, 9.17) is 24.5 Å². The molecule has 0 bridgehead atoms. The van der Waals surface area contributed by atoms with Crippen molar-refractivity contribution in [2.75, 3.05) is 39.3 Å². The summed E-state index contributed by atoms with van der Waals surface area (Å²) in [5, 5.41) is 36.0. The number of carboxylic acid groups (broad SMARTS) is 2. The van der Waals surface area contributed by atoms with Crippen molar-refractivity contribution in [2.24, 2.45) is 0 Å². The van der Waals surface area contributed by atoms with Crippen LogP contribution in [-0.4, -0.2) is 95.2 Å². The zero-order valence-corrected chi connectivity index (χ0v) is 21.8. The van der Waals surface area contributed by atoms with E-state index < -0.39 is 33.0 Å². The molecule has 14 heteroatoms. The molecule has 1 unspecified atom stereocenters. The van der Waals surface area contributed by atoms with Gasteiger partial charge in [-0.25, -0.2) is 18.0 Å². The smallest absolute Gasteiger partial charge is 0.414 e. The highest BCUT2D eigenvalue weighted by Crippen LogP contribution is 2.26. The van der Waals surface area contributed by atoms with E-state index in [0.717, 1.165) is 11.3 Å². The maximum atomic E-state index is 12.8. The normalized spacial score (nSPS) is 15.3. The summed E-state index contributed by atoms with van der Waals surface area (Å²) in [5.41, 5.74) is 0.936. The van der Waals surface area contributed by atoms with Gasteiger partial charge in [0.15, 0.2) is 0 Å². The fraction of sp³-hybridized carbons (Fsp3) is 0.417. The van der Waals surface area contributed by atoms with Crippen LogP contribution >= 0.6 is 0 Å². The minimum Gasteiger partial charge on any atom is -0.491 e. The standard InChI is InChI=1S/C22H29N3O6S.C2H2O4/c1-17(2)21-5-3-4-6-22(21)31-16-19(26)15-23-11-13-24(14-12-23)32(29,30)20-9-7-18(8-10-20)25(27)28;3-1(4)2(5)6/h3-10,17,19,26H,11-16H2,1-2H3;(H,3,4)(H,5,6). The average molecular weight is 554 g/mol. The molecule has 1 fully saturated rings. The van der Waals surface area contributed by atoms with Gasteiger partial charge in [0, 0.05) is 44.9 Å². The Morgan fingerprint density at radius 2 is 1.55 bits per heavy atom. The van der Waals surface area contributed by atoms with Gasteiger partial charge in [0.05, 0.1) is 9.82 Å². The zero-order valence-electron chi connectivity index (χ0n) is 21.0. The van der Waals surface area contributed by atoms with Crippen LogP contribution in [0.25, 0.3) is 0 Å². The highest BCUT2D eigenvalue weighted by atomic mass is 32.2. The molecule has 0 amide bonds. The van der Waals surface area contributed by atoms with E-state index >= 15 is 0 Å². The van der Waals surface area contributed by atoms with Crippen molar-refractivity contribution in [3.63, 3.8) is 0 Å². The summed E-state index contributed by atoms with van der Waals surface area (Å²) in [5.74, 6) is -2.57. The molecule has 1 saturated heterocycles. The number of non-ortho nitro benzene ring substituents is 1. The monoisotopic (exact) mass is 553 g/mol. The van der Waals surface area contributed by atoms with Gasteiger partial charge in [0.25, 0.3) is 5.69 Å². The first-order valence-corrected chi connectivity index (χ1v) is 13.1. The number of aliphatic hydroxyl groups is 1. The number of nitrogens with zero attached hydrogens (tertiary/aromatic N) is 3. The van der Waals surface area contributed by atoms with E-state index in [0.29, 0.717) is 25.6 Å². The first-order valence-electron chi connectivity index (χ1n) is 11.7. The van der Waals surface area contributed by atoms with Crippen LogP contribution in [0.2, 0.25) is 0 Å². The minimum absolute atomic E-state index is 0.0359. The number of carboxylic acids is 2. The molecule has 0 aromatic heterocycles. The van der Waals surface area contributed by atoms with E-state index in [-0.39, 0.29) is 30.3 Å². The lowest BCUT2D eigenvalue weighted by molar-refractivity contribution is -0.384. The molecule has 38 heavy (non-hydrogen) atoms. The number of benzene rings is 2. The number of para-hydroxylation sites is 1. The number of sulfonamides is 1. The van der Waals surface area contributed by atoms with Crippen LogP contribution < -0.4 is 4.74 Å². The maximum absolute atomic E-state index is 12.8. The summed E-state index contributed by atoms with van der Waals surface area (Å²) in [4.78, 5) is 30.4. The molecule has 1 aliphatic rings. The molecule has 0 saturated carbocycles. The number of rotatable bonds is 9. The Labute approximate surface area is 220 Å². The highest BCUT2D eigenvalue weighted by Gasteiger charge is 2.29. The predicted molar refractivity (Wildman–Crippen MR) is 136 cm³/mol. The third-order valence-electron chi connectivity index (χ3n) is 5.64. The molecule has 0 radical (unpaired) electrons. The fourth-order valence-corrected chi connectivity index (χ4v) is 5.09. The molecule has 3 N–H and O–H groups in total. The van der Waals surface area contributed by atoms with Crippen LogP contribution in [-0.2, 0) is 19.6 Å². The number of aliphatic carboxylic acids is 2. The summed E-state index contributed by atoms with van der Waals surface area (Å²) >= 11 is 0. The molecule has 1 heterocycles. The third kappa shape index (κ3) is 8.76. The van der Waals surface area contributed by atoms with Gasteiger partial charge in [-0.1, -0.05) is 32.0 Å². The van der Waals surface area contributed by atoms with Gasteiger partial charge in [0.1, 0.15) is 18.5 Å². The van der Waals surface area contributed by atoms with Crippen LogP contribution in [0, 0.1) is 10.1 Å². The molecule has 1 aliphatic heterocycles. The Morgan fingerprint density at radius 1 is 1.00 bits per heavy atom. The fourth-order valence-electron chi connectivity index (χ4n) is 3.67. The van der Waals surface area contributed by atoms with Crippen LogP contribution in [0.1, 0.15) is 25.3 Å². The number of ether oxygens (including phenoxy) is 1. The second-order valence-corrected chi connectivity index (χ2v) is 10.7. The van der Waals surface area contributed by atoms with E-state index in [9.17, 15) is 23.6 Å². The molecule has 3 rings (SSSR count). The Hall–Kier alpha value is -3.59. The minimum atomic E-state index is -3.72. The number of nitro groups is 1. The first-order chi connectivity index (χ1) is 17.8. The SMILES string of the molecule is CC(C)c1ccccc1OCC(O)CN1CCN(S(=O)(=O)c2ccc([N+](=O)[O-])cc2)CC1.O=C(O)C(=O)O. The van der Waals surface area contributed by atoms with Gasteiger partial charge in [-0.15, -0.1) is 0 Å². The van der Waals surface area contributed by atoms with Gasteiger partial charge in [-0.2, -0.15) is 4.31 Å². The van der Waals surface area contributed by atoms with Crippen molar-refractivity contribution in [1.82, 2.24) is 9.21 Å². The lowest BCUT2D eigenvalue weighted by atomic mass is 10.0. The first kappa shape index (κ1) is 30.6. The number of aliphatic hydroxyl groups excluding tert-OH is 1. The molecule has 0 spiro atoms. The Balaban J connectivity index is 0.000000757. The van der Waals surface area contributed by atoms with Crippen LogP contribution in [0.4, 0.5) is 5.69 Å². The molecule has 0 aliphatic carbocycles. The number of hydrogen-bond donors (Lipinski definition) is 3. The van der Waals surface area contributed by atoms with Gasteiger partial charge in [-0.3, -0.25) is 15.0 Å². The predicted octanol–water partition coefficient (Wildman–Crippen LogP) is 1.62. The number of β-amino-alcohol motifs (C(OH)–C–C–N with tert-alkyl or cyclic N) is 1. The van der Waals surface area contributed by atoms with Crippen molar-refractivity contribution in [3.05, 3.63) is 64.2 Å². The van der Waals surface area contributed by atoms with Crippen LogP contribution in [0.3, 0.4) is 0 Å². The summed E-state index contributed by atoms with van der Waals surface area (Å²) in [6.07, 6.45) is -0.701. The van der Waals surface area contributed by atoms with E-state index in [2.05, 4.69) is 13.8 Å². The lowest BCUT2D eigenvalue weighted by Gasteiger charge is -2.34. The van der Waals surface area contributed by atoms with Crippen molar-refractivity contribution in [1.29, 1.82) is 0 Å². The van der Waals surface area contributed by atoms with E-state index in [1.165, 1.54) is 28.6 Å². The number of carbonyl (C=O) groups is 2. The summed E-state index contributed by atoms with van der Waals surface area (Å²) in [7, 11) is -3.72. The molecule has 13 nitrogen and oxygen atoms in total. The van der Waals surface area contributed by atoms with Crippen LogP contribution in [0.5, 0.6) is 5.75 Å². The lowest BCUT2D eigenvalue weighted by Crippen LogP contribution is -2.50. The molecular weight excluding hydrogens is 522 g/mol. The highest BCUT2D eigenvalue weighted by molar-refractivity contribution is 7.89. The van der Waals surface area contributed by atoms with E-state index in [1.807, 2.05) is 29.2 Å². The molecule has 208 valence electrons. The summed E-state index contributed by atoms with van der Waals surface area (Å²) < 4.78 is 32.8. The maximum Gasteiger partial charge on any atom is 0.414 e. The van der Waals surface area contributed by atoms with Crippen molar-refractivity contribution in [2.45, 2.75) is 30.8 Å². The quantitative estimate of drug-likeness (QED) is 0.232. The number of hydrogen-bond acceptors (Lipinski definition) is 9. The summed E-state index contributed by atoms with van der Waals surface area (Å²) in [6, 6.07) is 12.7. The Kier molecular flexibility index (Phi) is 11.1. The van der Waals surface area contributed by atoms with Crippen molar-refractivity contribution >= 4 is 27.6 Å². The molecule has 2 aromatic rings. The second-order valence-electron chi connectivity index (χ2n) is 8.72. The summed E-state index contributed by atoms with van der Waals surface area (Å²) in [6.45, 7) is 6.23.